The number of amides is 1. The summed E-state index contributed by atoms with van der Waals surface area (Å²) in [6.45, 7) is 2.23. The van der Waals surface area contributed by atoms with Gasteiger partial charge in [-0.05, 0) is 17.7 Å². The van der Waals surface area contributed by atoms with Gasteiger partial charge in [0.05, 0.1) is 0 Å². The summed E-state index contributed by atoms with van der Waals surface area (Å²) >= 11 is 0. The Morgan fingerprint density at radius 3 is 2.59 bits per heavy atom. The van der Waals surface area contributed by atoms with Gasteiger partial charge in [0.2, 0.25) is 5.91 Å². The van der Waals surface area contributed by atoms with Crippen LogP contribution in [-0.2, 0) is 11.3 Å². The molecule has 0 heterocycles. The van der Waals surface area contributed by atoms with E-state index in [9.17, 15) is 13.6 Å². The van der Waals surface area contributed by atoms with Gasteiger partial charge in [-0.3, -0.25) is 4.79 Å². The van der Waals surface area contributed by atoms with Crippen molar-refractivity contribution in [1.82, 2.24) is 4.90 Å². The summed E-state index contributed by atoms with van der Waals surface area (Å²) in [6, 6.07) is 3.59. The third-order valence-electron chi connectivity index (χ3n) is 2.56. The van der Waals surface area contributed by atoms with Crippen molar-refractivity contribution >= 4 is 5.91 Å². The van der Waals surface area contributed by atoms with Gasteiger partial charge in [-0.1, -0.05) is 13.0 Å². The largest absolute Gasteiger partial charge is 0.341 e. The van der Waals surface area contributed by atoms with Crippen LogP contribution in [0.4, 0.5) is 8.78 Å². The second-order valence-electron chi connectivity index (χ2n) is 4.08. The third-order valence-corrected chi connectivity index (χ3v) is 2.56. The molecule has 1 rings (SSSR count). The van der Waals surface area contributed by atoms with Gasteiger partial charge >= 0.3 is 0 Å². The van der Waals surface area contributed by atoms with Crippen LogP contribution in [0.3, 0.4) is 0 Å². The maximum absolute atomic E-state index is 13.0. The molecule has 1 amide bonds. The van der Waals surface area contributed by atoms with Crippen molar-refractivity contribution in [3.05, 3.63) is 35.4 Å². The summed E-state index contributed by atoms with van der Waals surface area (Å²) in [4.78, 5) is 13.2. The van der Waals surface area contributed by atoms with E-state index < -0.39 is 11.6 Å². The second-order valence-corrected chi connectivity index (χ2v) is 4.08. The van der Waals surface area contributed by atoms with E-state index in [1.54, 1.807) is 14.0 Å². The zero-order valence-corrected chi connectivity index (χ0v) is 9.91. The molecule has 17 heavy (non-hydrogen) atoms. The Kier molecular flexibility index (Phi) is 4.57. The van der Waals surface area contributed by atoms with Gasteiger partial charge in [0.1, 0.15) is 0 Å². The van der Waals surface area contributed by atoms with Gasteiger partial charge < -0.3 is 10.6 Å². The zero-order valence-electron chi connectivity index (χ0n) is 9.91. The number of carbonyl (C=O) groups excluding carboxylic acids is 1. The highest BCUT2D eigenvalue weighted by atomic mass is 19.2. The van der Waals surface area contributed by atoms with Crippen LogP contribution in [0.1, 0.15) is 12.5 Å². The molecule has 0 spiro atoms. The van der Waals surface area contributed by atoms with Crippen molar-refractivity contribution in [2.45, 2.75) is 13.5 Å². The lowest BCUT2D eigenvalue weighted by Crippen LogP contribution is -2.34. The molecule has 0 fully saturated rings. The molecule has 0 saturated carbocycles. The third kappa shape index (κ3) is 3.49. The van der Waals surface area contributed by atoms with E-state index in [0.717, 1.165) is 12.1 Å². The molecule has 5 heteroatoms. The smallest absolute Gasteiger partial charge is 0.226 e. The lowest BCUT2D eigenvalue weighted by molar-refractivity contribution is -0.133. The Morgan fingerprint density at radius 2 is 2.06 bits per heavy atom. The Morgan fingerprint density at radius 1 is 1.41 bits per heavy atom. The molecule has 0 aliphatic carbocycles. The van der Waals surface area contributed by atoms with Crippen molar-refractivity contribution < 1.29 is 13.6 Å². The summed E-state index contributed by atoms with van der Waals surface area (Å²) in [5, 5.41) is 0. The Hall–Kier alpha value is -1.49. The molecule has 94 valence electrons. The molecule has 0 bridgehead atoms. The molecule has 3 nitrogen and oxygen atoms in total. The molecule has 0 saturated heterocycles. The fourth-order valence-electron chi connectivity index (χ4n) is 1.47. The van der Waals surface area contributed by atoms with Gasteiger partial charge in [-0.2, -0.15) is 0 Å². The van der Waals surface area contributed by atoms with Crippen LogP contribution in [0.2, 0.25) is 0 Å². The number of hydrogen-bond acceptors (Lipinski definition) is 2. The fraction of sp³-hybridized carbons (Fsp3) is 0.417. The topological polar surface area (TPSA) is 46.3 Å². The molecule has 2 N–H and O–H groups in total. The molecule has 0 radical (unpaired) electrons. The van der Waals surface area contributed by atoms with Crippen LogP contribution in [0, 0.1) is 17.6 Å². The highest BCUT2D eigenvalue weighted by Gasteiger charge is 2.16. The van der Waals surface area contributed by atoms with Crippen LogP contribution in [-0.4, -0.2) is 24.4 Å². The first-order valence-electron chi connectivity index (χ1n) is 5.34. The number of hydrogen-bond donors (Lipinski definition) is 1. The predicted octanol–water partition coefficient (Wildman–Crippen LogP) is 1.52. The average molecular weight is 242 g/mol. The van der Waals surface area contributed by atoms with E-state index in [1.807, 2.05) is 0 Å². The lowest BCUT2D eigenvalue weighted by Gasteiger charge is -2.20. The molecule has 0 aliphatic rings. The SMILES string of the molecule is CC(CN)C(=O)N(C)Cc1ccc(F)c(F)c1. The van der Waals surface area contributed by atoms with E-state index >= 15 is 0 Å². The van der Waals surface area contributed by atoms with Crippen molar-refractivity contribution in [2.75, 3.05) is 13.6 Å². The molecular weight excluding hydrogens is 226 g/mol. The van der Waals surface area contributed by atoms with Crippen molar-refractivity contribution in [2.24, 2.45) is 11.7 Å². The molecule has 0 aromatic heterocycles. The first kappa shape index (κ1) is 13.6. The van der Waals surface area contributed by atoms with Gasteiger partial charge in [-0.15, -0.1) is 0 Å². The quantitative estimate of drug-likeness (QED) is 0.870. The summed E-state index contributed by atoms with van der Waals surface area (Å²) < 4.78 is 25.7. The van der Waals surface area contributed by atoms with Crippen molar-refractivity contribution in [3.8, 4) is 0 Å². The number of rotatable bonds is 4. The first-order valence-corrected chi connectivity index (χ1v) is 5.34. The van der Waals surface area contributed by atoms with Gasteiger partial charge in [0.15, 0.2) is 11.6 Å². The van der Waals surface area contributed by atoms with Gasteiger partial charge in [-0.25, -0.2) is 8.78 Å². The first-order chi connectivity index (χ1) is 7.95. The van der Waals surface area contributed by atoms with Crippen LogP contribution in [0.5, 0.6) is 0 Å². The monoisotopic (exact) mass is 242 g/mol. The summed E-state index contributed by atoms with van der Waals surface area (Å²) in [5.41, 5.74) is 5.94. The Balaban J connectivity index is 2.71. The minimum Gasteiger partial charge on any atom is -0.341 e. The van der Waals surface area contributed by atoms with E-state index in [2.05, 4.69) is 0 Å². The minimum absolute atomic E-state index is 0.114. The summed E-state index contributed by atoms with van der Waals surface area (Å²) in [6.07, 6.45) is 0. The standard InChI is InChI=1S/C12H16F2N2O/c1-8(6-15)12(17)16(2)7-9-3-4-10(13)11(14)5-9/h3-5,8H,6-7,15H2,1-2H3. The number of nitrogens with zero attached hydrogens (tertiary/aromatic N) is 1. The van der Waals surface area contributed by atoms with Crippen molar-refractivity contribution in [3.63, 3.8) is 0 Å². The Bertz CT molecular complexity index is 409. The van der Waals surface area contributed by atoms with Crippen LogP contribution >= 0.6 is 0 Å². The normalized spacial score (nSPS) is 12.3. The fourth-order valence-corrected chi connectivity index (χ4v) is 1.47. The van der Waals surface area contributed by atoms with Crippen LogP contribution in [0.15, 0.2) is 18.2 Å². The molecule has 0 aliphatic heterocycles. The number of carbonyl (C=O) groups is 1. The average Bonchev–Trinajstić information content (AvgIpc) is 2.31. The minimum atomic E-state index is -0.907. The second kappa shape index (κ2) is 5.72. The number of nitrogens with two attached hydrogens (primary N) is 1. The lowest BCUT2D eigenvalue weighted by atomic mass is 10.1. The predicted molar refractivity (Wildman–Crippen MR) is 61.1 cm³/mol. The molecule has 1 unspecified atom stereocenters. The van der Waals surface area contributed by atoms with Crippen LogP contribution in [0.25, 0.3) is 0 Å². The highest BCUT2D eigenvalue weighted by Crippen LogP contribution is 2.11. The van der Waals surface area contributed by atoms with E-state index in [-0.39, 0.29) is 24.9 Å². The Labute approximate surface area is 99.2 Å². The van der Waals surface area contributed by atoms with E-state index in [4.69, 9.17) is 5.73 Å². The van der Waals surface area contributed by atoms with Crippen molar-refractivity contribution in [1.29, 1.82) is 0 Å². The van der Waals surface area contributed by atoms with E-state index in [0.29, 0.717) is 5.56 Å². The molecule has 1 atom stereocenters. The zero-order chi connectivity index (χ0) is 13.0. The molecule has 1 aromatic rings. The summed E-state index contributed by atoms with van der Waals surface area (Å²) in [5.74, 6) is -2.18. The highest BCUT2D eigenvalue weighted by molar-refractivity contribution is 5.78. The number of halogens is 2. The van der Waals surface area contributed by atoms with Gasteiger partial charge in [0.25, 0.3) is 0 Å². The van der Waals surface area contributed by atoms with E-state index in [1.165, 1.54) is 11.0 Å². The maximum atomic E-state index is 13.0. The maximum Gasteiger partial charge on any atom is 0.226 e. The van der Waals surface area contributed by atoms with Gasteiger partial charge in [0, 0.05) is 26.1 Å². The number of benzene rings is 1. The van der Waals surface area contributed by atoms with Crippen LogP contribution < -0.4 is 5.73 Å². The molecule has 1 aromatic carbocycles. The molecular formula is C12H16F2N2O. The summed E-state index contributed by atoms with van der Waals surface area (Å²) in [7, 11) is 1.61.